The number of hydrogen-bond acceptors (Lipinski definition) is 5. The molecule has 0 atom stereocenters. The minimum Gasteiger partial charge on any atom is -0.478 e. The van der Waals surface area contributed by atoms with Gasteiger partial charge in [0, 0.05) is 33.2 Å². The van der Waals surface area contributed by atoms with Crippen LogP contribution in [-0.4, -0.2) is 73.7 Å². The average molecular weight is 395 g/mol. The Balaban J connectivity index is 1.67. The fourth-order valence-corrected chi connectivity index (χ4v) is 4.68. The quantitative estimate of drug-likeness (QED) is 0.662. The predicted molar refractivity (Wildman–Crippen MR) is 94.5 cm³/mol. The smallest absolute Gasteiger partial charge is 0.335 e. The van der Waals surface area contributed by atoms with Gasteiger partial charge in [-0.15, -0.1) is 0 Å². The van der Waals surface area contributed by atoms with Crippen molar-refractivity contribution in [1.82, 2.24) is 14.5 Å². The van der Waals surface area contributed by atoms with Crippen molar-refractivity contribution in [1.29, 1.82) is 0 Å². The normalized spacial score (nSPS) is 19.4. The topological polar surface area (TPSA) is 124 Å². The minimum absolute atomic E-state index is 0.00768. The van der Waals surface area contributed by atoms with Crippen molar-refractivity contribution < 1.29 is 27.9 Å². The molecule has 1 saturated heterocycles. The molecule has 0 aromatic heterocycles. The van der Waals surface area contributed by atoms with Crippen LogP contribution in [0.25, 0.3) is 0 Å². The van der Waals surface area contributed by atoms with E-state index in [2.05, 4.69) is 5.32 Å². The minimum atomic E-state index is -3.77. The van der Waals surface area contributed by atoms with Gasteiger partial charge >= 0.3 is 5.97 Å². The number of carbonyl (C=O) groups excluding carboxylic acids is 2. The molecule has 146 valence electrons. The lowest BCUT2D eigenvalue weighted by Crippen LogP contribution is -2.54. The highest BCUT2D eigenvalue weighted by atomic mass is 32.2. The molecule has 27 heavy (non-hydrogen) atoms. The predicted octanol–water partition coefficient (Wildman–Crippen LogP) is -0.256. The number of nitrogens with one attached hydrogen (secondary N) is 1. The Morgan fingerprint density at radius 1 is 1.04 bits per heavy atom. The van der Waals surface area contributed by atoms with Crippen LogP contribution < -0.4 is 5.32 Å². The highest BCUT2D eigenvalue weighted by molar-refractivity contribution is 7.89. The summed E-state index contributed by atoms with van der Waals surface area (Å²) in [5.74, 6) is -1.66. The zero-order chi connectivity index (χ0) is 19.8. The van der Waals surface area contributed by atoms with Gasteiger partial charge in [0.15, 0.2) is 0 Å². The van der Waals surface area contributed by atoms with Gasteiger partial charge in [-0.25, -0.2) is 13.2 Å². The lowest BCUT2D eigenvalue weighted by atomic mass is 10.0. The first-order valence-corrected chi connectivity index (χ1v) is 10.0. The SMILES string of the molecule is CNC(=O)C1(C(=O)N2CCN(S(=O)(=O)c3ccc(C(=O)O)cc3)CC2)CC1. The van der Waals surface area contributed by atoms with E-state index in [4.69, 9.17) is 5.11 Å². The molecule has 1 heterocycles. The second kappa shape index (κ2) is 6.93. The summed E-state index contributed by atoms with van der Waals surface area (Å²) in [6.45, 7) is 0.672. The number of carboxylic acids is 1. The van der Waals surface area contributed by atoms with E-state index >= 15 is 0 Å². The molecular formula is C17H21N3O6S. The summed E-state index contributed by atoms with van der Waals surface area (Å²) in [6.07, 6.45) is 1.03. The molecule has 0 unspecified atom stereocenters. The van der Waals surface area contributed by atoms with Gasteiger partial charge in [0.1, 0.15) is 5.41 Å². The second-order valence-corrected chi connectivity index (χ2v) is 8.62. The molecule has 1 aromatic carbocycles. The number of sulfonamides is 1. The number of carboxylic acid groups (broad SMARTS) is 1. The van der Waals surface area contributed by atoms with Crippen molar-refractivity contribution >= 4 is 27.8 Å². The van der Waals surface area contributed by atoms with E-state index < -0.39 is 21.4 Å². The van der Waals surface area contributed by atoms with E-state index in [0.29, 0.717) is 12.8 Å². The molecule has 2 fully saturated rings. The van der Waals surface area contributed by atoms with Gasteiger partial charge in [0.2, 0.25) is 21.8 Å². The number of nitrogens with zero attached hydrogens (tertiary/aromatic N) is 2. The van der Waals surface area contributed by atoms with E-state index in [9.17, 15) is 22.8 Å². The largest absolute Gasteiger partial charge is 0.478 e. The fraction of sp³-hybridized carbons (Fsp3) is 0.471. The Labute approximate surface area is 157 Å². The number of carbonyl (C=O) groups is 3. The van der Waals surface area contributed by atoms with Crippen LogP contribution in [-0.2, 0) is 19.6 Å². The molecule has 2 N–H and O–H groups in total. The Kier molecular flexibility index (Phi) is 4.96. The van der Waals surface area contributed by atoms with Crippen LogP contribution in [0, 0.1) is 5.41 Å². The molecule has 3 rings (SSSR count). The first kappa shape index (κ1) is 19.3. The van der Waals surface area contributed by atoms with Crippen LogP contribution in [0.3, 0.4) is 0 Å². The van der Waals surface area contributed by atoms with Gasteiger partial charge in [-0.1, -0.05) is 0 Å². The second-order valence-electron chi connectivity index (χ2n) is 6.69. The number of aromatic carboxylic acids is 1. The van der Waals surface area contributed by atoms with E-state index in [1.165, 1.54) is 35.6 Å². The van der Waals surface area contributed by atoms with Crippen LogP contribution in [0.4, 0.5) is 0 Å². The van der Waals surface area contributed by atoms with Gasteiger partial charge in [-0.05, 0) is 37.1 Å². The first-order chi connectivity index (χ1) is 12.7. The molecule has 1 aliphatic carbocycles. The van der Waals surface area contributed by atoms with Crippen LogP contribution in [0.2, 0.25) is 0 Å². The van der Waals surface area contributed by atoms with Gasteiger partial charge < -0.3 is 15.3 Å². The lowest BCUT2D eigenvalue weighted by Gasteiger charge is -2.35. The van der Waals surface area contributed by atoms with Crippen molar-refractivity contribution in [3.63, 3.8) is 0 Å². The van der Waals surface area contributed by atoms with Gasteiger partial charge in [-0.3, -0.25) is 9.59 Å². The average Bonchev–Trinajstić information content (AvgIpc) is 3.49. The molecule has 0 spiro atoms. The maximum absolute atomic E-state index is 12.7. The summed E-state index contributed by atoms with van der Waals surface area (Å²) in [5, 5.41) is 11.4. The van der Waals surface area contributed by atoms with Gasteiger partial charge in [0.05, 0.1) is 10.5 Å². The number of benzene rings is 1. The maximum atomic E-state index is 12.7. The Hall–Kier alpha value is -2.46. The molecule has 9 nitrogen and oxygen atoms in total. The van der Waals surface area contributed by atoms with Crippen molar-refractivity contribution in [2.75, 3.05) is 33.2 Å². The monoisotopic (exact) mass is 395 g/mol. The van der Waals surface area contributed by atoms with Gasteiger partial charge in [0.25, 0.3) is 0 Å². The molecule has 2 aliphatic rings. The van der Waals surface area contributed by atoms with Crippen LogP contribution >= 0.6 is 0 Å². The molecule has 0 radical (unpaired) electrons. The molecule has 1 aromatic rings. The lowest BCUT2D eigenvalue weighted by molar-refractivity contribution is -0.144. The zero-order valence-electron chi connectivity index (χ0n) is 14.8. The Bertz CT molecular complexity index is 868. The summed E-state index contributed by atoms with van der Waals surface area (Å²) in [7, 11) is -2.28. The molecular weight excluding hydrogens is 374 g/mol. The number of rotatable bonds is 5. The molecule has 10 heteroatoms. The fourth-order valence-electron chi connectivity index (χ4n) is 3.26. The molecule has 2 amide bonds. The number of piperazine rings is 1. The molecule has 1 saturated carbocycles. The molecule has 1 aliphatic heterocycles. The van der Waals surface area contributed by atoms with Crippen LogP contribution in [0.1, 0.15) is 23.2 Å². The van der Waals surface area contributed by atoms with Crippen molar-refractivity contribution in [3.05, 3.63) is 29.8 Å². The summed E-state index contributed by atoms with van der Waals surface area (Å²) < 4.78 is 26.7. The van der Waals surface area contributed by atoms with E-state index in [1.54, 1.807) is 4.90 Å². The Morgan fingerprint density at radius 3 is 2.04 bits per heavy atom. The third-order valence-corrected chi connectivity index (χ3v) is 7.00. The third kappa shape index (κ3) is 3.42. The summed E-state index contributed by atoms with van der Waals surface area (Å²) in [4.78, 5) is 37.1. The van der Waals surface area contributed by atoms with Gasteiger partial charge in [-0.2, -0.15) is 4.31 Å². The van der Waals surface area contributed by atoms with Crippen molar-refractivity contribution in [2.45, 2.75) is 17.7 Å². The van der Waals surface area contributed by atoms with Crippen LogP contribution in [0.15, 0.2) is 29.2 Å². The first-order valence-electron chi connectivity index (χ1n) is 8.57. The summed E-state index contributed by atoms with van der Waals surface area (Å²) >= 11 is 0. The summed E-state index contributed by atoms with van der Waals surface area (Å²) in [5.41, 5.74) is -0.976. The zero-order valence-corrected chi connectivity index (χ0v) is 15.7. The highest BCUT2D eigenvalue weighted by Crippen LogP contribution is 2.47. The third-order valence-electron chi connectivity index (χ3n) is 5.09. The number of amides is 2. The standard InChI is InChI=1S/C17H21N3O6S/c1-18-15(23)17(6-7-17)16(24)19-8-10-20(11-9-19)27(25,26)13-4-2-12(3-5-13)14(21)22/h2-5H,6-11H2,1H3,(H,18,23)(H,21,22). The maximum Gasteiger partial charge on any atom is 0.335 e. The Morgan fingerprint density at radius 2 is 1.59 bits per heavy atom. The highest BCUT2D eigenvalue weighted by Gasteiger charge is 2.57. The number of hydrogen-bond donors (Lipinski definition) is 2. The van der Waals surface area contributed by atoms with E-state index in [1.807, 2.05) is 0 Å². The molecule has 0 bridgehead atoms. The van der Waals surface area contributed by atoms with Crippen LogP contribution in [0.5, 0.6) is 0 Å². The van der Waals surface area contributed by atoms with E-state index in [-0.39, 0.29) is 48.5 Å². The van der Waals surface area contributed by atoms with E-state index in [0.717, 1.165) is 0 Å². The van der Waals surface area contributed by atoms with Crippen molar-refractivity contribution in [3.8, 4) is 0 Å². The summed E-state index contributed by atoms with van der Waals surface area (Å²) in [6, 6.07) is 5.02. The van der Waals surface area contributed by atoms with Crippen molar-refractivity contribution in [2.24, 2.45) is 5.41 Å².